The third-order valence-corrected chi connectivity index (χ3v) is 3.25. The number of carbonyl (C=O) groups excluding carboxylic acids is 1. The van der Waals surface area contributed by atoms with Crippen LogP contribution in [0.2, 0.25) is 0 Å². The number of nitrogens with one attached hydrogen (secondary N) is 2. The zero-order valence-corrected chi connectivity index (χ0v) is 12.1. The van der Waals surface area contributed by atoms with E-state index in [1.165, 1.54) is 17.8 Å². The molecule has 0 atom stereocenters. The summed E-state index contributed by atoms with van der Waals surface area (Å²) in [6.45, 7) is 2.45. The van der Waals surface area contributed by atoms with Gasteiger partial charge in [-0.05, 0) is 23.6 Å². The number of benzene rings is 1. The summed E-state index contributed by atoms with van der Waals surface area (Å²) in [4.78, 5) is 15.8. The Balaban J connectivity index is 2.04. The zero-order chi connectivity index (χ0) is 15.2. The number of amides is 1. The molecule has 0 aliphatic heterocycles. The average molecular weight is 287 g/mol. The Bertz CT molecular complexity index is 626. The van der Waals surface area contributed by atoms with E-state index in [2.05, 4.69) is 22.5 Å². The maximum atomic E-state index is 14.0. The summed E-state index contributed by atoms with van der Waals surface area (Å²) in [5.74, 6) is -1.03. The van der Waals surface area contributed by atoms with Crippen molar-refractivity contribution in [3.8, 4) is 0 Å². The Kier molecular flexibility index (Phi) is 4.87. The van der Waals surface area contributed by atoms with Gasteiger partial charge in [0.2, 0.25) is 0 Å². The topological polar surface area (TPSA) is 54.0 Å². The molecule has 0 radical (unpaired) electrons. The number of hydrogen-bond donors (Lipinski definition) is 2. The maximum Gasteiger partial charge on any atom is 0.254 e. The molecule has 2 rings (SSSR count). The molecule has 1 heterocycles. The van der Waals surface area contributed by atoms with Crippen LogP contribution in [0.15, 0.2) is 36.5 Å². The van der Waals surface area contributed by atoms with Crippen molar-refractivity contribution in [2.24, 2.45) is 0 Å². The molecule has 4 nitrogen and oxygen atoms in total. The van der Waals surface area contributed by atoms with Crippen molar-refractivity contribution in [2.75, 3.05) is 12.4 Å². The van der Waals surface area contributed by atoms with Crippen LogP contribution in [0.4, 0.5) is 10.2 Å². The molecule has 0 aliphatic carbocycles. The number of nitrogens with zero attached hydrogens (tertiary/aromatic N) is 1. The number of aryl methyl sites for hydroxylation is 1. The van der Waals surface area contributed by atoms with Gasteiger partial charge in [0, 0.05) is 19.8 Å². The number of pyridine rings is 1. The molecule has 5 heteroatoms. The van der Waals surface area contributed by atoms with Crippen molar-refractivity contribution in [2.45, 2.75) is 19.9 Å². The minimum Gasteiger partial charge on any atom is -0.371 e. The number of anilines is 1. The average Bonchev–Trinajstić information content (AvgIpc) is 2.53. The summed E-state index contributed by atoms with van der Waals surface area (Å²) in [6.07, 6.45) is 2.38. The van der Waals surface area contributed by atoms with Crippen molar-refractivity contribution in [3.63, 3.8) is 0 Å². The molecule has 1 amide bonds. The van der Waals surface area contributed by atoms with Gasteiger partial charge in [-0.2, -0.15) is 0 Å². The van der Waals surface area contributed by atoms with E-state index in [0.29, 0.717) is 6.54 Å². The van der Waals surface area contributed by atoms with Gasteiger partial charge in [-0.15, -0.1) is 0 Å². The molecule has 110 valence electrons. The van der Waals surface area contributed by atoms with Gasteiger partial charge in [0.15, 0.2) is 11.6 Å². The van der Waals surface area contributed by atoms with E-state index in [-0.39, 0.29) is 11.4 Å². The van der Waals surface area contributed by atoms with Crippen LogP contribution in [-0.4, -0.2) is 17.9 Å². The lowest BCUT2D eigenvalue weighted by Gasteiger charge is -2.08. The molecule has 0 unspecified atom stereocenters. The zero-order valence-electron chi connectivity index (χ0n) is 12.1. The van der Waals surface area contributed by atoms with Crippen LogP contribution in [0, 0.1) is 5.82 Å². The van der Waals surface area contributed by atoms with Crippen LogP contribution >= 0.6 is 0 Å². The summed E-state index contributed by atoms with van der Waals surface area (Å²) < 4.78 is 14.0. The van der Waals surface area contributed by atoms with E-state index >= 15 is 0 Å². The van der Waals surface area contributed by atoms with Gasteiger partial charge in [-0.1, -0.05) is 31.2 Å². The number of aromatic nitrogens is 1. The second-order valence-electron chi connectivity index (χ2n) is 4.62. The largest absolute Gasteiger partial charge is 0.371 e. The fourth-order valence-electron chi connectivity index (χ4n) is 1.96. The third-order valence-electron chi connectivity index (χ3n) is 3.25. The predicted molar refractivity (Wildman–Crippen MR) is 80.7 cm³/mol. The molecule has 2 aromatic rings. The van der Waals surface area contributed by atoms with Crippen molar-refractivity contribution in [3.05, 3.63) is 59.0 Å². The highest BCUT2D eigenvalue weighted by Crippen LogP contribution is 2.14. The third kappa shape index (κ3) is 3.56. The Morgan fingerprint density at radius 2 is 1.86 bits per heavy atom. The van der Waals surface area contributed by atoms with Crippen LogP contribution in [0.1, 0.15) is 28.4 Å². The first-order valence-electron chi connectivity index (χ1n) is 6.84. The molecule has 1 aromatic heterocycles. The first-order valence-corrected chi connectivity index (χ1v) is 6.84. The Hall–Kier alpha value is -2.43. The van der Waals surface area contributed by atoms with E-state index < -0.39 is 11.7 Å². The molecule has 0 bridgehead atoms. The Labute approximate surface area is 123 Å². The summed E-state index contributed by atoms with van der Waals surface area (Å²) in [7, 11) is 1.56. The van der Waals surface area contributed by atoms with Gasteiger partial charge in [-0.3, -0.25) is 4.79 Å². The second kappa shape index (κ2) is 6.83. The SMILES string of the molecule is CCc1ccc(CNC(=O)c2ccnc(NC)c2F)cc1. The van der Waals surface area contributed by atoms with Crippen LogP contribution in [0.3, 0.4) is 0 Å². The van der Waals surface area contributed by atoms with Gasteiger partial charge in [0.05, 0.1) is 5.56 Å². The van der Waals surface area contributed by atoms with Crippen LogP contribution < -0.4 is 10.6 Å². The van der Waals surface area contributed by atoms with E-state index in [0.717, 1.165) is 12.0 Å². The Morgan fingerprint density at radius 3 is 2.48 bits per heavy atom. The minimum atomic E-state index is -0.640. The lowest BCUT2D eigenvalue weighted by molar-refractivity contribution is 0.0947. The fourth-order valence-corrected chi connectivity index (χ4v) is 1.96. The highest BCUT2D eigenvalue weighted by atomic mass is 19.1. The lowest BCUT2D eigenvalue weighted by atomic mass is 10.1. The van der Waals surface area contributed by atoms with Crippen LogP contribution in [-0.2, 0) is 13.0 Å². The van der Waals surface area contributed by atoms with Crippen LogP contribution in [0.25, 0.3) is 0 Å². The molecule has 0 aliphatic rings. The van der Waals surface area contributed by atoms with Gasteiger partial charge in [0.1, 0.15) is 0 Å². The molecule has 0 saturated carbocycles. The highest BCUT2D eigenvalue weighted by molar-refractivity contribution is 5.95. The minimum absolute atomic E-state index is 0.0143. The molecular formula is C16H18FN3O. The molecule has 0 saturated heterocycles. The second-order valence-corrected chi connectivity index (χ2v) is 4.62. The van der Waals surface area contributed by atoms with Crippen LogP contribution in [0.5, 0.6) is 0 Å². The van der Waals surface area contributed by atoms with Crippen molar-refractivity contribution >= 4 is 11.7 Å². The normalized spacial score (nSPS) is 10.2. The smallest absolute Gasteiger partial charge is 0.254 e. The molecule has 1 aromatic carbocycles. The lowest BCUT2D eigenvalue weighted by Crippen LogP contribution is -2.24. The fraction of sp³-hybridized carbons (Fsp3) is 0.250. The standard InChI is InChI=1S/C16H18FN3O/c1-3-11-4-6-12(7-5-11)10-20-16(21)13-8-9-19-15(18-2)14(13)17/h4-9H,3,10H2,1-2H3,(H,18,19)(H,20,21). The van der Waals surface area contributed by atoms with Gasteiger partial charge < -0.3 is 10.6 Å². The summed E-state index contributed by atoms with van der Waals surface area (Å²) in [6, 6.07) is 9.33. The number of carbonyl (C=O) groups is 1. The molecule has 0 spiro atoms. The number of hydrogen-bond acceptors (Lipinski definition) is 3. The molecule has 0 fully saturated rings. The number of halogens is 1. The predicted octanol–water partition coefficient (Wildman–Crippen LogP) is 2.75. The quantitative estimate of drug-likeness (QED) is 0.889. The summed E-state index contributed by atoms with van der Waals surface area (Å²) in [5.41, 5.74) is 2.20. The monoisotopic (exact) mass is 287 g/mol. The first-order chi connectivity index (χ1) is 10.2. The first kappa shape index (κ1) is 15.0. The maximum absolute atomic E-state index is 14.0. The van der Waals surface area contributed by atoms with E-state index in [9.17, 15) is 9.18 Å². The van der Waals surface area contributed by atoms with E-state index in [1.807, 2.05) is 24.3 Å². The molecule has 21 heavy (non-hydrogen) atoms. The van der Waals surface area contributed by atoms with Gasteiger partial charge >= 0.3 is 0 Å². The Morgan fingerprint density at radius 1 is 1.19 bits per heavy atom. The summed E-state index contributed by atoms with van der Waals surface area (Å²) >= 11 is 0. The van der Waals surface area contributed by atoms with Crippen molar-refractivity contribution in [1.29, 1.82) is 0 Å². The summed E-state index contributed by atoms with van der Waals surface area (Å²) in [5, 5.41) is 5.32. The number of rotatable bonds is 5. The van der Waals surface area contributed by atoms with Gasteiger partial charge in [-0.25, -0.2) is 9.37 Å². The van der Waals surface area contributed by atoms with E-state index in [4.69, 9.17) is 0 Å². The molecular weight excluding hydrogens is 269 g/mol. The van der Waals surface area contributed by atoms with E-state index in [1.54, 1.807) is 7.05 Å². The van der Waals surface area contributed by atoms with Gasteiger partial charge in [0.25, 0.3) is 5.91 Å². The molecule has 2 N–H and O–H groups in total. The highest BCUT2D eigenvalue weighted by Gasteiger charge is 2.14. The van der Waals surface area contributed by atoms with Crippen molar-refractivity contribution in [1.82, 2.24) is 10.3 Å². The van der Waals surface area contributed by atoms with Crippen molar-refractivity contribution < 1.29 is 9.18 Å².